The number of rotatable bonds is 3. The summed E-state index contributed by atoms with van der Waals surface area (Å²) in [5, 5.41) is 1.41. The van der Waals surface area contributed by atoms with E-state index in [4.69, 9.17) is 5.73 Å². The Kier molecular flexibility index (Phi) is 3.64. The Labute approximate surface area is 112 Å². The maximum absolute atomic E-state index is 5.91. The Morgan fingerprint density at radius 1 is 1.11 bits per heavy atom. The number of thiophene rings is 1. The van der Waals surface area contributed by atoms with Gasteiger partial charge in [0.1, 0.15) is 0 Å². The summed E-state index contributed by atoms with van der Waals surface area (Å²) in [6, 6.07) is 8.70. The van der Waals surface area contributed by atoms with Crippen LogP contribution in [0.3, 0.4) is 0 Å². The summed E-state index contributed by atoms with van der Waals surface area (Å²) >= 11 is 1.86. The highest BCUT2D eigenvalue weighted by molar-refractivity contribution is 7.19. The average Bonchev–Trinajstić information content (AvgIpc) is 2.78. The first-order valence-corrected chi connectivity index (χ1v) is 7.62. The zero-order valence-electron chi connectivity index (χ0n) is 10.7. The van der Waals surface area contributed by atoms with Gasteiger partial charge in [-0.05, 0) is 42.9 Å². The van der Waals surface area contributed by atoms with E-state index in [1.54, 1.807) is 0 Å². The van der Waals surface area contributed by atoms with Gasteiger partial charge in [-0.1, -0.05) is 24.6 Å². The molecule has 1 fully saturated rings. The normalized spacial score (nSPS) is 17.4. The fourth-order valence-corrected chi connectivity index (χ4v) is 3.92. The third-order valence-corrected chi connectivity index (χ3v) is 5.03. The maximum atomic E-state index is 5.91. The fourth-order valence-electron chi connectivity index (χ4n) is 2.83. The van der Waals surface area contributed by atoms with Crippen LogP contribution in [0.1, 0.15) is 29.7 Å². The van der Waals surface area contributed by atoms with Gasteiger partial charge >= 0.3 is 0 Å². The minimum atomic E-state index is 0.669. The number of piperidine rings is 1. The van der Waals surface area contributed by atoms with Crippen molar-refractivity contribution < 1.29 is 0 Å². The summed E-state index contributed by atoms with van der Waals surface area (Å²) in [5.41, 5.74) is 7.38. The Morgan fingerprint density at radius 2 is 1.89 bits per heavy atom. The molecule has 3 rings (SSSR count). The first kappa shape index (κ1) is 12.2. The van der Waals surface area contributed by atoms with Crippen LogP contribution >= 0.6 is 11.3 Å². The van der Waals surface area contributed by atoms with E-state index in [1.807, 2.05) is 11.3 Å². The van der Waals surface area contributed by atoms with E-state index in [9.17, 15) is 0 Å². The minimum absolute atomic E-state index is 0.669. The van der Waals surface area contributed by atoms with Crippen LogP contribution in [0.25, 0.3) is 10.1 Å². The molecule has 0 aliphatic carbocycles. The van der Waals surface area contributed by atoms with Gasteiger partial charge in [0.05, 0.1) is 0 Å². The molecular weight excluding hydrogens is 240 g/mol. The summed E-state index contributed by atoms with van der Waals surface area (Å²) < 4.78 is 1.38. The molecule has 1 saturated heterocycles. The highest BCUT2D eigenvalue weighted by atomic mass is 32.1. The summed E-state index contributed by atoms with van der Waals surface area (Å²) in [6.45, 7) is 4.24. The van der Waals surface area contributed by atoms with Crippen LogP contribution in [0, 0.1) is 0 Å². The number of fused-ring (bicyclic) bond motifs is 1. The smallest absolute Gasteiger partial charge is 0.0349 e. The van der Waals surface area contributed by atoms with Gasteiger partial charge in [0.2, 0.25) is 0 Å². The lowest BCUT2D eigenvalue weighted by Gasteiger charge is -2.26. The largest absolute Gasteiger partial charge is 0.326 e. The number of benzene rings is 1. The van der Waals surface area contributed by atoms with Crippen molar-refractivity contribution in [3.63, 3.8) is 0 Å². The van der Waals surface area contributed by atoms with Crippen molar-refractivity contribution >= 4 is 21.4 Å². The zero-order valence-corrected chi connectivity index (χ0v) is 11.5. The van der Waals surface area contributed by atoms with Crippen molar-refractivity contribution in [1.29, 1.82) is 0 Å². The second kappa shape index (κ2) is 5.39. The summed E-state index contributed by atoms with van der Waals surface area (Å²) in [5.74, 6) is 0. The van der Waals surface area contributed by atoms with Crippen molar-refractivity contribution in [2.45, 2.75) is 32.4 Å². The van der Waals surface area contributed by atoms with Gasteiger partial charge in [0.25, 0.3) is 0 Å². The number of likely N-dealkylation sites (tertiary alicyclic amines) is 1. The van der Waals surface area contributed by atoms with E-state index < -0.39 is 0 Å². The van der Waals surface area contributed by atoms with Crippen molar-refractivity contribution in [3.8, 4) is 0 Å². The van der Waals surface area contributed by atoms with Crippen molar-refractivity contribution in [3.05, 3.63) is 34.7 Å². The van der Waals surface area contributed by atoms with Crippen LogP contribution in [-0.4, -0.2) is 18.0 Å². The first-order chi connectivity index (χ1) is 8.88. The monoisotopic (exact) mass is 260 g/mol. The standard InChI is InChI=1S/C15H20N2S/c16-10-15-13(11-17-8-4-1-5-9-17)12-6-2-3-7-14(12)18-15/h2-3,6-7H,1,4-5,8-11,16H2. The first-order valence-electron chi connectivity index (χ1n) is 6.80. The van der Waals surface area contributed by atoms with Gasteiger partial charge in [0, 0.05) is 22.7 Å². The molecule has 1 aromatic heterocycles. The fraction of sp³-hybridized carbons (Fsp3) is 0.467. The molecule has 1 aliphatic heterocycles. The Morgan fingerprint density at radius 3 is 2.67 bits per heavy atom. The van der Waals surface area contributed by atoms with Crippen LogP contribution in [0.2, 0.25) is 0 Å². The van der Waals surface area contributed by atoms with E-state index in [-0.39, 0.29) is 0 Å². The van der Waals surface area contributed by atoms with E-state index in [0.29, 0.717) is 6.54 Å². The van der Waals surface area contributed by atoms with Gasteiger partial charge in [0.15, 0.2) is 0 Å². The number of nitrogens with two attached hydrogens (primary N) is 1. The number of hydrogen-bond acceptors (Lipinski definition) is 3. The minimum Gasteiger partial charge on any atom is -0.326 e. The molecule has 96 valence electrons. The molecule has 2 nitrogen and oxygen atoms in total. The molecule has 0 saturated carbocycles. The van der Waals surface area contributed by atoms with Gasteiger partial charge in [-0.25, -0.2) is 0 Å². The van der Waals surface area contributed by atoms with E-state index in [0.717, 1.165) is 6.54 Å². The van der Waals surface area contributed by atoms with E-state index >= 15 is 0 Å². The quantitative estimate of drug-likeness (QED) is 0.917. The van der Waals surface area contributed by atoms with Crippen LogP contribution in [-0.2, 0) is 13.1 Å². The van der Waals surface area contributed by atoms with Crippen LogP contribution < -0.4 is 5.73 Å². The predicted octanol–water partition coefficient (Wildman–Crippen LogP) is 3.35. The average molecular weight is 260 g/mol. The lowest BCUT2D eigenvalue weighted by molar-refractivity contribution is 0.221. The molecule has 2 N–H and O–H groups in total. The topological polar surface area (TPSA) is 29.3 Å². The second-order valence-electron chi connectivity index (χ2n) is 5.04. The Bertz CT molecular complexity index is 526. The molecule has 0 bridgehead atoms. The molecule has 1 aromatic carbocycles. The molecule has 1 aliphatic rings. The second-order valence-corrected chi connectivity index (χ2v) is 6.18. The van der Waals surface area contributed by atoms with Crippen LogP contribution in [0.4, 0.5) is 0 Å². The predicted molar refractivity (Wildman–Crippen MR) is 78.8 cm³/mol. The molecule has 0 unspecified atom stereocenters. The Hall–Kier alpha value is -0.900. The van der Waals surface area contributed by atoms with Gasteiger partial charge in [-0.3, -0.25) is 4.90 Å². The lowest BCUT2D eigenvalue weighted by atomic mass is 10.1. The van der Waals surface area contributed by atoms with Crippen LogP contribution in [0.15, 0.2) is 24.3 Å². The molecule has 2 aromatic rings. The van der Waals surface area contributed by atoms with Gasteiger partial charge < -0.3 is 5.73 Å². The summed E-state index contributed by atoms with van der Waals surface area (Å²) in [7, 11) is 0. The van der Waals surface area contributed by atoms with E-state index in [1.165, 1.54) is 52.9 Å². The Balaban J connectivity index is 1.93. The third-order valence-electron chi connectivity index (χ3n) is 3.80. The summed E-state index contributed by atoms with van der Waals surface area (Å²) in [6.07, 6.45) is 4.09. The van der Waals surface area contributed by atoms with Crippen molar-refractivity contribution in [1.82, 2.24) is 4.90 Å². The molecule has 2 heterocycles. The molecule has 0 amide bonds. The third kappa shape index (κ3) is 2.30. The highest BCUT2D eigenvalue weighted by Gasteiger charge is 2.16. The molecule has 0 radical (unpaired) electrons. The van der Waals surface area contributed by atoms with Crippen molar-refractivity contribution in [2.75, 3.05) is 13.1 Å². The molecular formula is C15H20N2S. The highest BCUT2D eigenvalue weighted by Crippen LogP contribution is 2.32. The lowest BCUT2D eigenvalue weighted by Crippen LogP contribution is -2.29. The van der Waals surface area contributed by atoms with Gasteiger partial charge in [-0.15, -0.1) is 11.3 Å². The number of hydrogen-bond donors (Lipinski definition) is 1. The maximum Gasteiger partial charge on any atom is 0.0349 e. The molecule has 18 heavy (non-hydrogen) atoms. The van der Waals surface area contributed by atoms with Crippen molar-refractivity contribution in [2.24, 2.45) is 5.73 Å². The molecule has 0 atom stereocenters. The van der Waals surface area contributed by atoms with Gasteiger partial charge in [-0.2, -0.15) is 0 Å². The summed E-state index contributed by atoms with van der Waals surface area (Å²) in [4.78, 5) is 3.94. The van der Waals surface area contributed by atoms with E-state index in [2.05, 4.69) is 29.2 Å². The van der Waals surface area contributed by atoms with Crippen LogP contribution in [0.5, 0.6) is 0 Å². The SMILES string of the molecule is NCc1sc2ccccc2c1CN1CCCCC1. The molecule has 3 heteroatoms. The zero-order chi connectivity index (χ0) is 12.4. The number of nitrogens with zero attached hydrogens (tertiary/aromatic N) is 1. The molecule has 0 spiro atoms.